The summed E-state index contributed by atoms with van der Waals surface area (Å²) in [5, 5.41) is 9.96. The lowest BCUT2D eigenvalue weighted by atomic mass is 10.1. The first-order chi connectivity index (χ1) is 7.02. The van der Waals surface area contributed by atoms with E-state index in [1.807, 2.05) is 0 Å². The summed E-state index contributed by atoms with van der Waals surface area (Å²) in [7, 11) is 0. The average Bonchev–Trinajstić information content (AvgIpc) is 2.41. The number of carbonyl (C=O) groups is 2. The molecule has 0 fully saturated rings. The van der Waals surface area contributed by atoms with Crippen molar-refractivity contribution in [3.63, 3.8) is 0 Å². The lowest BCUT2D eigenvalue weighted by Crippen LogP contribution is -2.38. The molecule has 1 unspecified atom stereocenters. The summed E-state index contributed by atoms with van der Waals surface area (Å²) in [5.74, 6) is -0.875. The van der Waals surface area contributed by atoms with Crippen LogP contribution in [0.2, 0.25) is 5.02 Å². The Balaban J connectivity index is 2.60. The highest BCUT2D eigenvalue weighted by Gasteiger charge is 2.38. The third-order valence-corrected chi connectivity index (χ3v) is 2.54. The number of fused-ring (bicyclic) bond motifs is 1. The van der Waals surface area contributed by atoms with Crippen LogP contribution in [0.15, 0.2) is 18.2 Å². The summed E-state index contributed by atoms with van der Waals surface area (Å²) in [6.45, 7) is 1.29. The number of hydrogen-bond acceptors (Lipinski definition) is 3. The van der Waals surface area contributed by atoms with E-state index in [0.29, 0.717) is 10.7 Å². The van der Waals surface area contributed by atoms with Gasteiger partial charge in [-0.15, -0.1) is 0 Å². The zero-order chi connectivity index (χ0) is 11.2. The molecule has 0 aromatic heterocycles. The van der Waals surface area contributed by atoms with E-state index < -0.39 is 12.0 Å². The molecule has 1 N–H and O–H groups in total. The number of Topliss-reactive ketones (excluding diaryl/α,β-unsaturated/α-hetero) is 1. The molecule has 1 amide bonds. The molecule has 1 atom stereocenters. The fourth-order valence-corrected chi connectivity index (χ4v) is 1.82. The van der Waals surface area contributed by atoms with E-state index in [9.17, 15) is 14.7 Å². The van der Waals surface area contributed by atoms with Crippen LogP contribution >= 0.6 is 11.6 Å². The van der Waals surface area contributed by atoms with Gasteiger partial charge in [-0.2, -0.15) is 0 Å². The van der Waals surface area contributed by atoms with Crippen molar-refractivity contribution < 1.29 is 14.7 Å². The molecule has 1 aromatic rings. The van der Waals surface area contributed by atoms with Crippen LogP contribution in [-0.2, 0) is 4.79 Å². The van der Waals surface area contributed by atoms with Crippen molar-refractivity contribution in [3.05, 3.63) is 28.8 Å². The minimum atomic E-state index is -1.42. The third kappa shape index (κ3) is 1.42. The fraction of sp³-hybridized carbons (Fsp3) is 0.200. The van der Waals surface area contributed by atoms with Gasteiger partial charge in [0, 0.05) is 17.5 Å². The number of nitrogens with zero attached hydrogens (tertiary/aromatic N) is 1. The van der Waals surface area contributed by atoms with Crippen molar-refractivity contribution in [2.24, 2.45) is 0 Å². The molecule has 0 radical (unpaired) electrons. The van der Waals surface area contributed by atoms with Crippen molar-refractivity contribution >= 4 is 29.0 Å². The first-order valence-corrected chi connectivity index (χ1v) is 4.72. The Kier molecular flexibility index (Phi) is 2.25. The Labute approximate surface area is 91.1 Å². The first-order valence-electron chi connectivity index (χ1n) is 4.34. The van der Waals surface area contributed by atoms with Gasteiger partial charge < -0.3 is 5.11 Å². The third-order valence-electron chi connectivity index (χ3n) is 2.30. The van der Waals surface area contributed by atoms with Crippen molar-refractivity contribution in [2.45, 2.75) is 13.2 Å². The van der Waals surface area contributed by atoms with Gasteiger partial charge in [0.1, 0.15) is 0 Å². The fourth-order valence-electron chi connectivity index (χ4n) is 1.65. The van der Waals surface area contributed by atoms with E-state index in [1.165, 1.54) is 13.0 Å². The number of carbonyl (C=O) groups excluding carboxylic acids is 2. The highest BCUT2D eigenvalue weighted by atomic mass is 35.5. The minimum Gasteiger partial charge on any atom is -0.366 e. The molecule has 1 heterocycles. The number of benzene rings is 1. The molecule has 1 aromatic carbocycles. The maximum atomic E-state index is 11.6. The van der Waals surface area contributed by atoms with Gasteiger partial charge in [-0.25, -0.2) is 0 Å². The Morgan fingerprint density at radius 1 is 1.53 bits per heavy atom. The monoisotopic (exact) mass is 225 g/mol. The summed E-state index contributed by atoms with van der Waals surface area (Å²) in [6.07, 6.45) is -1.42. The standard InChI is InChI=1S/C10H8ClNO3/c1-5(13)12-8-3-2-6(11)4-7(8)9(14)10(12)15/h2-4,10,15H,1H3. The predicted molar refractivity (Wildman–Crippen MR) is 54.9 cm³/mol. The second-order valence-electron chi connectivity index (χ2n) is 3.29. The van der Waals surface area contributed by atoms with Gasteiger partial charge in [-0.3, -0.25) is 14.5 Å². The highest BCUT2D eigenvalue weighted by molar-refractivity contribution is 6.31. The maximum absolute atomic E-state index is 11.6. The molecule has 15 heavy (non-hydrogen) atoms. The smallest absolute Gasteiger partial charge is 0.226 e. The van der Waals surface area contributed by atoms with Crippen molar-refractivity contribution in [1.82, 2.24) is 0 Å². The summed E-state index contributed by atoms with van der Waals surface area (Å²) < 4.78 is 0. The van der Waals surface area contributed by atoms with Crippen LogP contribution in [0.1, 0.15) is 17.3 Å². The normalized spacial score (nSPS) is 19.3. The lowest BCUT2D eigenvalue weighted by Gasteiger charge is -2.17. The summed E-state index contributed by atoms with van der Waals surface area (Å²) in [4.78, 5) is 23.8. The second kappa shape index (κ2) is 3.32. The predicted octanol–water partition coefficient (Wildman–Crippen LogP) is 1.21. The molecule has 78 valence electrons. The SMILES string of the molecule is CC(=O)N1c2ccc(Cl)cc2C(=O)C1O. The van der Waals surface area contributed by atoms with E-state index >= 15 is 0 Å². The van der Waals surface area contributed by atoms with Gasteiger partial charge in [0.2, 0.25) is 11.7 Å². The number of amides is 1. The van der Waals surface area contributed by atoms with E-state index in [4.69, 9.17) is 11.6 Å². The van der Waals surface area contributed by atoms with Crippen molar-refractivity contribution in [3.8, 4) is 0 Å². The molecule has 4 nitrogen and oxygen atoms in total. The van der Waals surface area contributed by atoms with Crippen LogP contribution in [0.4, 0.5) is 5.69 Å². The second-order valence-corrected chi connectivity index (χ2v) is 3.72. The largest absolute Gasteiger partial charge is 0.366 e. The zero-order valence-electron chi connectivity index (χ0n) is 7.90. The van der Waals surface area contributed by atoms with Crippen LogP contribution in [0.25, 0.3) is 0 Å². The quantitative estimate of drug-likeness (QED) is 0.722. The van der Waals surface area contributed by atoms with Crippen LogP contribution in [0.3, 0.4) is 0 Å². The molecule has 0 saturated heterocycles. The lowest BCUT2D eigenvalue weighted by molar-refractivity contribution is -0.117. The molecule has 1 aliphatic rings. The van der Waals surface area contributed by atoms with Gasteiger partial charge in [0.05, 0.1) is 5.69 Å². The summed E-state index contributed by atoms with van der Waals surface area (Å²) in [5.41, 5.74) is 0.689. The van der Waals surface area contributed by atoms with E-state index in [0.717, 1.165) is 4.90 Å². The van der Waals surface area contributed by atoms with Crippen LogP contribution in [0.5, 0.6) is 0 Å². The summed E-state index contributed by atoms with van der Waals surface area (Å²) in [6, 6.07) is 4.57. The molecule has 5 heteroatoms. The molecule has 0 bridgehead atoms. The number of halogens is 1. The molecule has 0 aliphatic carbocycles. The van der Waals surface area contributed by atoms with Gasteiger partial charge in [0.25, 0.3) is 0 Å². The van der Waals surface area contributed by atoms with Crippen LogP contribution in [0, 0.1) is 0 Å². The minimum absolute atomic E-state index is 0.283. The number of anilines is 1. The highest BCUT2D eigenvalue weighted by Crippen LogP contribution is 2.33. The molecular formula is C10H8ClNO3. The van der Waals surface area contributed by atoms with Gasteiger partial charge in [-0.1, -0.05) is 11.6 Å². The first kappa shape index (κ1) is 10.1. The number of aliphatic hydroxyl groups is 1. The van der Waals surface area contributed by atoms with Crippen LogP contribution in [-0.4, -0.2) is 23.0 Å². The molecule has 2 rings (SSSR count). The Morgan fingerprint density at radius 2 is 2.20 bits per heavy atom. The van der Waals surface area contributed by atoms with Gasteiger partial charge in [0.15, 0.2) is 6.23 Å². The van der Waals surface area contributed by atoms with E-state index in [-0.39, 0.29) is 11.5 Å². The Bertz CT molecular complexity index is 458. The maximum Gasteiger partial charge on any atom is 0.226 e. The Morgan fingerprint density at radius 3 is 2.80 bits per heavy atom. The number of ketones is 1. The molecular weight excluding hydrogens is 218 g/mol. The number of aliphatic hydroxyl groups excluding tert-OH is 1. The molecule has 0 saturated carbocycles. The van der Waals surface area contributed by atoms with E-state index in [2.05, 4.69) is 0 Å². The number of rotatable bonds is 0. The van der Waals surface area contributed by atoms with Gasteiger partial charge in [-0.05, 0) is 18.2 Å². The Hall–Kier alpha value is -1.39. The topological polar surface area (TPSA) is 57.6 Å². The summed E-state index contributed by atoms with van der Waals surface area (Å²) >= 11 is 5.73. The van der Waals surface area contributed by atoms with Crippen LogP contribution < -0.4 is 4.90 Å². The average molecular weight is 226 g/mol. The zero-order valence-corrected chi connectivity index (χ0v) is 8.65. The van der Waals surface area contributed by atoms with Crippen molar-refractivity contribution in [2.75, 3.05) is 4.90 Å². The molecule has 1 aliphatic heterocycles. The molecule has 0 spiro atoms. The number of hydrogen-bond donors (Lipinski definition) is 1. The van der Waals surface area contributed by atoms with Crippen molar-refractivity contribution in [1.29, 1.82) is 0 Å². The van der Waals surface area contributed by atoms with Gasteiger partial charge >= 0.3 is 0 Å². The van der Waals surface area contributed by atoms with E-state index in [1.54, 1.807) is 12.1 Å².